The second-order valence-electron chi connectivity index (χ2n) is 10.3. The van der Waals surface area contributed by atoms with Crippen molar-refractivity contribution in [1.29, 1.82) is 0 Å². The zero-order chi connectivity index (χ0) is 27.8. The van der Waals surface area contributed by atoms with Gasteiger partial charge in [0.1, 0.15) is 29.1 Å². The van der Waals surface area contributed by atoms with Crippen molar-refractivity contribution in [2.75, 3.05) is 31.6 Å². The standard InChI is InChI=1S/C29H29FN4O6/c1-2-39-29(37)21-11-31-33-26(21)32-27(35)25-22-12-34(13-23(22)25)28(36)17-5-8-24-18(9-17)10-20(40-24)15-38-14-16-3-6-19(30)7-4-16/h3-9,11,20,22-23,25H,2,10,12-15H2,1H3,(H2,31,32,33,35)/t20?,22-,23+,25?. The molecule has 40 heavy (non-hydrogen) atoms. The molecule has 1 aliphatic carbocycles. The van der Waals surface area contributed by atoms with Crippen LogP contribution in [0.3, 0.4) is 0 Å². The number of anilines is 1. The molecule has 0 spiro atoms. The lowest BCUT2D eigenvalue weighted by molar-refractivity contribution is -0.118. The summed E-state index contributed by atoms with van der Waals surface area (Å²) < 4.78 is 29.8. The Bertz CT molecular complexity index is 1430. The van der Waals surface area contributed by atoms with Crippen LogP contribution in [0.2, 0.25) is 0 Å². The molecule has 2 fully saturated rings. The van der Waals surface area contributed by atoms with E-state index in [0.717, 1.165) is 16.9 Å². The van der Waals surface area contributed by atoms with Crippen molar-refractivity contribution in [3.63, 3.8) is 0 Å². The number of fused-ring (bicyclic) bond motifs is 2. The summed E-state index contributed by atoms with van der Waals surface area (Å²) in [5.41, 5.74) is 2.62. The van der Waals surface area contributed by atoms with E-state index in [0.29, 0.717) is 38.3 Å². The van der Waals surface area contributed by atoms with E-state index in [4.69, 9.17) is 14.2 Å². The van der Waals surface area contributed by atoms with Gasteiger partial charge in [-0.1, -0.05) is 12.1 Å². The van der Waals surface area contributed by atoms with Crippen LogP contribution < -0.4 is 10.1 Å². The molecule has 2 aromatic carbocycles. The maximum Gasteiger partial charge on any atom is 0.343 e. The summed E-state index contributed by atoms with van der Waals surface area (Å²) in [5, 5.41) is 9.23. The fraction of sp³-hybridized carbons (Fsp3) is 0.379. The first-order chi connectivity index (χ1) is 19.4. The van der Waals surface area contributed by atoms with Crippen molar-refractivity contribution in [2.24, 2.45) is 17.8 Å². The van der Waals surface area contributed by atoms with Crippen LogP contribution in [0.4, 0.5) is 10.2 Å². The highest BCUT2D eigenvalue weighted by atomic mass is 19.1. The summed E-state index contributed by atoms with van der Waals surface area (Å²) in [6.07, 6.45) is 1.81. The number of carbonyl (C=O) groups is 3. The van der Waals surface area contributed by atoms with Crippen LogP contribution in [0.1, 0.15) is 38.8 Å². The van der Waals surface area contributed by atoms with Crippen molar-refractivity contribution in [3.05, 3.63) is 76.7 Å². The number of aromatic nitrogens is 2. The third kappa shape index (κ3) is 5.16. The number of nitrogens with one attached hydrogen (secondary N) is 2. The molecule has 6 rings (SSSR count). The molecule has 0 bridgehead atoms. The molecule has 10 nitrogen and oxygen atoms in total. The first-order valence-electron chi connectivity index (χ1n) is 13.3. The fourth-order valence-corrected chi connectivity index (χ4v) is 5.65. The SMILES string of the molecule is CCOC(=O)c1cn[nH]c1NC(=O)C1[C@H]2CN(C(=O)c3ccc4c(c3)CC(COCc3ccc(F)cc3)O4)C[C@@H]12. The molecule has 0 radical (unpaired) electrons. The molecule has 208 valence electrons. The number of benzene rings is 2. The monoisotopic (exact) mass is 548 g/mol. The molecule has 1 saturated carbocycles. The zero-order valence-electron chi connectivity index (χ0n) is 21.9. The molecule has 1 aromatic heterocycles. The number of amides is 2. The highest BCUT2D eigenvalue weighted by molar-refractivity contribution is 6.02. The van der Waals surface area contributed by atoms with E-state index in [9.17, 15) is 18.8 Å². The number of likely N-dealkylation sites (tertiary alicyclic amines) is 1. The molecule has 11 heteroatoms. The van der Waals surface area contributed by atoms with Crippen molar-refractivity contribution in [2.45, 2.75) is 26.1 Å². The topological polar surface area (TPSA) is 123 Å². The largest absolute Gasteiger partial charge is 0.487 e. The predicted molar refractivity (Wildman–Crippen MR) is 140 cm³/mol. The van der Waals surface area contributed by atoms with E-state index in [2.05, 4.69) is 15.5 Å². The zero-order valence-corrected chi connectivity index (χ0v) is 21.9. The number of ether oxygens (including phenoxy) is 3. The molecule has 1 saturated heterocycles. The molecule has 3 aliphatic rings. The van der Waals surface area contributed by atoms with Crippen molar-refractivity contribution in [1.82, 2.24) is 15.1 Å². The van der Waals surface area contributed by atoms with Gasteiger partial charge in [-0.2, -0.15) is 5.10 Å². The Morgan fingerprint density at radius 3 is 2.67 bits per heavy atom. The lowest BCUT2D eigenvalue weighted by Crippen LogP contribution is -2.33. The number of aromatic amines is 1. The van der Waals surface area contributed by atoms with E-state index in [1.807, 2.05) is 12.1 Å². The van der Waals surface area contributed by atoms with Gasteiger partial charge in [-0.05, 0) is 60.2 Å². The predicted octanol–water partition coefficient (Wildman–Crippen LogP) is 3.20. The van der Waals surface area contributed by atoms with Crippen LogP contribution in [-0.4, -0.2) is 65.3 Å². The Balaban J connectivity index is 0.988. The summed E-state index contributed by atoms with van der Waals surface area (Å²) in [6.45, 7) is 3.68. The minimum atomic E-state index is -0.553. The number of hydrogen-bond donors (Lipinski definition) is 2. The van der Waals surface area contributed by atoms with Gasteiger partial charge < -0.3 is 24.4 Å². The van der Waals surface area contributed by atoms with Crippen molar-refractivity contribution >= 4 is 23.6 Å². The summed E-state index contributed by atoms with van der Waals surface area (Å²) in [4.78, 5) is 39.9. The Morgan fingerprint density at radius 1 is 1.15 bits per heavy atom. The number of halogens is 1. The molecule has 4 atom stereocenters. The Labute approximate surface area is 229 Å². The first kappa shape index (κ1) is 26.0. The second kappa shape index (κ2) is 10.7. The number of rotatable bonds is 9. The maximum atomic E-state index is 13.2. The fourth-order valence-electron chi connectivity index (χ4n) is 5.65. The van der Waals surface area contributed by atoms with Gasteiger partial charge in [0.15, 0.2) is 0 Å². The summed E-state index contributed by atoms with van der Waals surface area (Å²) in [5.74, 6) is -0.181. The van der Waals surface area contributed by atoms with Gasteiger partial charge in [0.05, 0.1) is 26.0 Å². The quantitative estimate of drug-likeness (QED) is 0.394. The number of hydrogen-bond acceptors (Lipinski definition) is 7. The van der Waals surface area contributed by atoms with Gasteiger partial charge in [0, 0.05) is 31.0 Å². The average molecular weight is 549 g/mol. The third-order valence-corrected chi connectivity index (χ3v) is 7.70. The normalized spacial score (nSPS) is 22.3. The second-order valence-corrected chi connectivity index (χ2v) is 10.3. The number of carbonyl (C=O) groups excluding carboxylic acids is 3. The van der Waals surface area contributed by atoms with Gasteiger partial charge in [0.2, 0.25) is 5.91 Å². The number of nitrogens with zero attached hydrogens (tertiary/aromatic N) is 2. The third-order valence-electron chi connectivity index (χ3n) is 7.70. The molecule has 3 heterocycles. The van der Waals surface area contributed by atoms with E-state index in [1.54, 1.807) is 30.0 Å². The van der Waals surface area contributed by atoms with Crippen molar-refractivity contribution in [3.8, 4) is 5.75 Å². The molecular formula is C29H29FN4O6. The molecular weight excluding hydrogens is 519 g/mol. The van der Waals surface area contributed by atoms with Gasteiger partial charge in [-0.3, -0.25) is 14.7 Å². The molecule has 2 aliphatic heterocycles. The highest BCUT2D eigenvalue weighted by Crippen LogP contribution is 2.52. The van der Waals surface area contributed by atoms with Crippen LogP contribution in [0, 0.1) is 23.6 Å². The maximum absolute atomic E-state index is 13.2. The minimum absolute atomic E-state index is 0.0664. The molecule has 2 unspecified atom stereocenters. The van der Waals surface area contributed by atoms with Crippen molar-refractivity contribution < 1.29 is 33.0 Å². The number of H-pyrrole nitrogens is 1. The number of esters is 1. The van der Waals surface area contributed by atoms with Gasteiger partial charge in [-0.25, -0.2) is 9.18 Å². The van der Waals surface area contributed by atoms with E-state index in [1.165, 1.54) is 18.3 Å². The van der Waals surface area contributed by atoms with E-state index >= 15 is 0 Å². The van der Waals surface area contributed by atoms with Crippen LogP contribution in [0.5, 0.6) is 5.75 Å². The van der Waals surface area contributed by atoms with Crippen LogP contribution in [-0.2, 0) is 27.3 Å². The summed E-state index contributed by atoms with van der Waals surface area (Å²) in [6, 6.07) is 11.7. The Kier molecular flexibility index (Phi) is 6.97. The number of piperidine rings is 1. The Hall–Kier alpha value is -4.25. The van der Waals surface area contributed by atoms with E-state index in [-0.39, 0.29) is 59.5 Å². The van der Waals surface area contributed by atoms with Gasteiger partial charge in [0.25, 0.3) is 5.91 Å². The van der Waals surface area contributed by atoms with E-state index < -0.39 is 5.97 Å². The Morgan fingerprint density at radius 2 is 1.93 bits per heavy atom. The smallest absolute Gasteiger partial charge is 0.343 e. The highest BCUT2D eigenvalue weighted by Gasteiger charge is 2.60. The lowest BCUT2D eigenvalue weighted by atomic mass is 10.1. The van der Waals surface area contributed by atoms with Crippen LogP contribution in [0.15, 0.2) is 48.7 Å². The lowest BCUT2D eigenvalue weighted by Gasteiger charge is -2.20. The molecule has 2 amide bonds. The minimum Gasteiger partial charge on any atom is -0.487 e. The van der Waals surface area contributed by atoms with Gasteiger partial charge in [-0.15, -0.1) is 0 Å². The first-order valence-corrected chi connectivity index (χ1v) is 13.3. The molecule has 2 N–H and O–H groups in total. The van der Waals surface area contributed by atoms with Gasteiger partial charge >= 0.3 is 5.97 Å². The summed E-state index contributed by atoms with van der Waals surface area (Å²) >= 11 is 0. The van der Waals surface area contributed by atoms with Crippen LogP contribution in [0.25, 0.3) is 0 Å². The summed E-state index contributed by atoms with van der Waals surface area (Å²) in [7, 11) is 0. The average Bonchev–Trinajstić information content (AvgIpc) is 3.35. The molecule has 3 aromatic rings. The van der Waals surface area contributed by atoms with Crippen LogP contribution >= 0.6 is 0 Å².